The SMILES string of the molecule is CCOC(=O)c1ccc(Oc2ccccc2-c2ccccc2Oc2ccc(C(=O)OCC)cc2)cc1.CCOCC. The molecular weight excluding hydrogens is 520 g/mol. The van der Waals surface area contributed by atoms with Gasteiger partial charge in [0.2, 0.25) is 0 Å². The van der Waals surface area contributed by atoms with E-state index in [2.05, 4.69) is 0 Å². The van der Waals surface area contributed by atoms with Crippen LogP contribution in [0.15, 0.2) is 97.1 Å². The minimum atomic E-state index is -0.370. The van der Waals surface area contributed by atoms with Crippen LogP contribution in [0.25, 0.3) is 11.1 Å². The number of para-hydroxylation sites is 2. The minimum absolute atomic E-state index is 0.321. The van der Waals surface area contributed by atoms with Crippen molar-refractivity contribution in [3.8, 4) is 34.1 Å². The van der Waals surface area contributed by atoms with Crippen molar-refractivity contribution in [3.63, 3.8) is 0 Å². The number of esters is 2. The third-order valence-corrected chi connectivity index (χ3v) is 5.66. The van der Waals surface area contributed by atoms with Gasteiger partial charge in [0.1, 0.15) is 23.0 Å². The maximum atomic E-state index is 11.9. The van der Waals surface area contributed by atoms with Gasteiger partial charge in [-0.05, 0) is 88.4 Å². The van der Waals surface area contributed by atoms with Crippen LogP contribution in [0.2, 0.25) is 0 Å². The molecule has 0 aliphatic rings. The first-order valence-electron chi connectivity index (χ1n) is 13.7. The lowest BCUT2D eigenvalue weighted by Crippen LogP contribution is -2.04. The Hall–Kier alpha value is -4.62. The molecule has 0 fully saturated rings. The van der Waals surface area contributed by atoms with E-state index in [0.29, 0.717) is 47.3 Å². The van der Waals surface area contributed by atoms with Crippen LogP contribution in [0.1, 0.15) is 48.4 Å². The molecule has 0 spiro atoms. The Kier molecular flexibility index (Phi) is 12.4. The normalized spacial score (nSPS) is 10.1. The summed E-state index contributed by atoms with van der Waals surface area (Å²) in [6, 6.07) is 28.9. The number of hydrogen-bond donors (Lipinski definition) is 0. The van der Waals surface area contributed by atoms with Crippen LogP contribution in [-0.4, -0.2) is 38.4 Å². The van der Waals surface area contributed by atoms with Gasteiger partial charge in [-0.1, -0.05) is 36.4 Å². The number of hydrogen-bond acceptors (Lipinski definition) is 7. The van der Waals surface area contributed by atoms with Crippen LogP contribution < -0.4 is 9.47 Å². The molecule has 0 bridgehead atoms. The van der Waals surface area contributed by atoms with Crippen molar-refractivity contribution in [3.05, 3.63) is 108 Å². The van der Waals surface area contributed by atoms with Gasteiger partial charge in [-0.3, -0.25) is 0 Å². The van der Waals surface area contributed by atoms with Crippen LogP contribution in [0.3, 0.4) is 0 Å². The standard InChI is InChI=1S/C30H26O6.C4H10O/c1-3-33-29(31)21-13-17-23(18-14-21)35-27-11-7-5-9-25(27)26-10-6-8-12-28(26)36-24-19-15-22(16-20-24)30(32)34-4-2;1-3-5-4-2/h5-20H,3-4H2,1-2H3;3-4H2,1-2H3. The zero-order chi connectivity index (χ0) is 29.5. The molecule has 0 aliphatic heterocycles. The fraction of sp³-hybridized carbons (Fsp3) is 0.235. The van der Waals surface area contributed by atoms with E-state index in [4.69, 9.17) is 23.7 Å². The molecule has 0 aliphatic carbocycles. The zero-order valence-electron chi connectivity index (χ0n) is 23.9. The van der Waals surface area contributed by atoms with Crippen LogP contribution in [-0.2, 0) is 14.2 Å². The van der Waals surface area contributed by atoms with Gasteiger partial charge in [0.15, 0.2) is 0 Å². The number of benzene rings is 4. The summed E-state index contributed by atoms with van der Waals surface area (Å²) in [6.45, 7) is 9.85. The van der Waals surface area contributed by atoms with Crippen molar-refractivity contribution in [2.24, 2.45) is 0 Å². The summed E-state index contributed by atoms with van der Waals surface area (Å²) in [5.74, 6) is 1.70. The lowest BCUT2D eigenvalue weighted by atomic mass is 10.0. The Morgan fingerprint density at radius 1 is 0.488 bits per heavy atom. The Morgan fingerprint density at radius 2 is 0.854 bits per heavy atom. The topological polar surface area (TPSA) is 80.3 Å². The van der Waals surface area contributed by atoms with Crippen LogP contribution in [0, 0.1) is 0 Å². The monoisotopic (exact) mass is 556 g/mol. The van der Waals surface area contributed by atoms with Crippen molar-refractivity contribution in [1.82, 2.24) is 0 Å². The first-order chi connectivity index (χ1) is 20.0. The van der Waals surface area contributed by atoms with Crippen molar-refractivity contribution >= 4 is 11.9 Å². The van der Waals surface area contributed by atoms with Crippen LogP contribution in [0.5, 0.6) is 23.0 Å². The molecule has 0 amide bonds. The van der Waals surface area contributed by atoms with Gasteiger partial charge in [0.25, 0.3) is 0 Å². The molecule has 4 rings (SSSR count). The molecule has 0 saturated carbocycles. The van der Waals surface area contributed by atoms with E-state index in [-0.39, 0.29) is 11.9 Å². The van der Waals surface area contributed by atoms with Gasteiger partial charge in [-0.25, -0.2) is 9.59 Å². The third kappa shape index (κ3) is 9.22. The summed E-state index contributed by atoms with van der Waals surface area (Å²) < 4.78 is 27.2. The second-order valence-electron chi connectivity index (χ2n) is 8.47. The molecule has 0 heterocycles. The lowest BCUT2D eigenvalue weighted by molar-refractivity contribution is 0.0516. The lowest BCUT2D eigenvalue weighted by Gasteiger charge is -2.15. The highest BCUT2D eigenvalue weighted by Gasteiger charge is 2.14. The molecule has 7 nitrogen and oxygen atoms in total. The van der Waals surface area contributed by atoms with Crippen LogP contribution >= 0.6 is 0 Å². The van der Waals surface area contributed by atoms with E-state index >= 15 is 0 Å². The minimum Gasteiger partial charge on any atom is -0.462 e. The van der Waals surface area contributed by atoms with Gasteiger partial charge < -0.3 is 23.7 Å². The van der Waals surface area contributed by atoms with E-state index in [1.54, 1.807) is 62.4 Å². The number of rotatable bonds is 11. The molecule has 0 N–H and O–H groups in total. The Bertz CT molecular complexity index is 1270. The van der Waals surface area contributed by atoms with E-state index in [0.717, 1.165) is 24.3 Å². The third-order valence-electron chi connectivity index (χ3n) is 5.66. The summed E-state index contributed by atoms with van der Waals surface area (Å²) in [5.41, 5.74) is 2.60. The first-order valence-corrected chi connectivity index (χ1v) is 13.7. The number of ether oxygens (including phenoxy) is 5. The van der Waals surface area contributed by atoms with E-state index in [1.807, 2.05) is 62.4 Å². The summed E-state index contributed by atoms with van der Waals surface area (Å²) in [5, 5.41) is 0. The molecule has 0 aromatic heterocycles. The van der Waals surface area contributed by atoms with Gasteiger partial charge in [-0.15, -0.1) is 0 Å². The summed E-state index contributed by atoms with van der Waals surface area (Å²) in [4.78, 5) is 23.8. The predicted molar refractivity (Wildman–Crippen MR) is 159 cm³/mol. The number of carbonyl (C=O) groups excluding carboxylic acids is 2. The largest absolute Gasteiger partial charge is 0.462 e. The Labute approximate surface area is 241 Å². The molecule has 0 radical (unpaired) electrons. The highest BCUT2D eigenvalue weighted by atomic mass is 16.5. The second kappa shape index (κ2) is 16.5. The molecular formula is C34H36O7. The van der Waals surface area contributed by atoms with Gasteiger partial charge in [-0.2, -0.15) is 0 Å². The fourth-order valence-corrected chi connectivity index (χ4v) is 3.76. The van der Waals surface area contributed by atoms with Crippen molar-refractivity contribution in [2.75, 3.05) is 26.4 Å². The molecule has 214 valence electrons. The average Bonchev–Trinajstić information content (AvgIpc) is 3.00. The predicted octanol–water partition coefficient (Wildman–Crippen LogP) is 8.33. The Balaban J connectivity index is 0.000000850. The molecule has 0 saturated heterocycles. The zero-order valence-corrected chi connectivity index (χ0v) is 23.9. The van der Waals surface area contributed by atoms with Gasteiger partial charge in [0.05, 0.1) is 24.3 Å². The smallest absolute Gasteiger partial charge is 0.338 e. The second-order valence-corrected chi connectivity index (χ2v) is 8.47. The van der Waals surface area contributed by atoms with E-state index in [9.17, 15) is 9.59 Å². The van der Waals surface area contributed by atoms with Gasteiger partial charge >= 0.3 is 11.9 Å². The fourth-order valence-electron chi connectivity index (χ4n) is 3.76. The van der Waals surface area contributed by atoms with Gasteiger partial charge in [0, 0.05) is 24.3 Å². The summed E-state index contributed by atoms with van der Waals surface area (Å²) in [7, 11) is 0. The highest BCUT2D eigenvalue weighted by molar-refractivity contribution is 5.90. The summed E-state index contributed by atoms with van der Waals surface area (Å²) >= 11 is 0. The van der Waals surface area contributed by atoms with Crippen molar-refractivity contribution in [1.29, 1.82) is 0 Å². The summed E-state index contributed by atoms with van der Waals surface area (Å²) in [6.07, 6.45) is 0. The van der Waals surface area contributed by atoms with Crippen LogP contribution in [0.4, 0.5) is 0 Å². The quantitative estimate of drug-likeness (QED) is 0.172. The molecule has 4 aromatic rings. The molecule has 0 unspecified atom stereocenters. The highest BCUT2D eigenvalue weighted by Crippen LogP contribution is 2.39. The molecule has 41 heavy (non-hydrogen) atoms. The van der Waals surface area contributed by atoms with E-state index < -0.39 is 0 Å². The number of carbonyl (C=O) groups is 2. The molecule has 4 aromatic carbocycles. The van der Waals surface area contributed by atoms with E-state index in [1.165, 1.54) is 0 Å². The average molecular weight is 557 g/mol. The Morgan fingerprint density at radius 3 is 1.17 bits per heavy atom. The molecule has 7 heteroatoms. The molecule has 0 atom stereocenters. The first kappa shape index (κ1) is 30.9. The maximum Gasteiger partial charge on any atom is 0.338 e. The maximum absolute atomic E-state index is 11.9. The van der Waals surface area contributed by atoms with Crippen molar-refractivity contribution < 1.29 is 33.3 Å². The van der Waals surface area contributed by atoms with Crippen molar-refractivity contribution in [2.45, 2.75) is 27.7 Å².